The Morgan fingerprint density at radius 1 is 0.905 bits per heavy atom. The SMILES string of the molecule is NCc1ccc(CS(=O)(=O)N2Cc3ccccc3C2)cc1. The smallest absolute Gasteiger partial charge is 0.218 e. The van der Waals surface area contributed by atoms with E-state index < -0.39 is 10.0 Å². The average Bonchev–Trinajstić information content (AvgIpc) is 2.92. The molecule has 1 heterocycles. The van der Waals surface area contributed by atoms with E-state index >= 15 is 0 Å². The predicted octanol–water partition coefficient (Wildman–Crippen LogP) is 1.99. The Morgan fingerprint density at radius 3 is 1.95 bits per heavy atom. The van der Waals surface area contributed by atoms with E-state index in [1.54, 1.807) is 4.31 Å². The van der Waals surface area contributed by atoms with Crippen molar-refractivity contribution in [2.24, 2.45) is 5.73 Å². The highest BCUT2D eigenvalue weighted by atomic mass is 32.2. The zero-order valence-corrected chi connectivity index (χ0v) is 12.5. The molecule has 21 heavy (non-hydrogen) atoms. The molecule has 5 heteroatoms. The Kier molecular flexibility index (Phi) is 3.80. The standard InChI is InChI=1S/C16H18N2O2S/c17-9-13-5-7-14(8-6-13)12-21(19,20)18-10-15-3-1-2-4-16(15)11-18/h1-8H,9-12,17H2. The lowest BCUT2D eigenvalue weighted by atomic mass is 10.1. The minimum Gasteiger partial charge on any atom is -0.326 e. The van der Waals surface area contributed by atoms with Crippen LogP contribution in [0.1, 0.15) is 22.3 Å². The normalized spacial score (nSPS) is 15.1. The van der Waals surface area contributed by atoms with Gasteiger partial charge in [0, 0.05) is 19.6 Å². The van der Waals surface area contributed by atoms with Crippen LogP contribution in [0.5, 0.6) is 0 Å². The maximum Gasteiger partial charge on any atom is 0.218 e. The largest absolute Gasteiger partial charge is 0.326 e. The zero-order valence-electron chi connectivity index (χ0n) is 11.7. The van der Waals surface area contributed by atoms with Crippen LogP contribution in [-0.4, -0.2) is 12.7 Å². The summed E-state index contributed by atoms with van der Waals surface area (Å²) in [7, 11) is -3.30. The van der Waals surface area contributed by atoms with E-state index in [9.17, 15) is 8.42 Å². The van der Waals surface area contributed by atoms with Crippen molar-refractivity contribution >= 4 is 10.0 Å². The van der Waals surface area contributed by atoms with Gasteiger partial charge in [-0.3, -0.25) is 0 Å². The number of hydrogen-bond donors (Lipinski definition) is 1. The van der Waals surface area contributed by atoms with E-state index in [1.165, 1.54) is 0 Å². The van der Waals surface area contributed by atoms with Crippen LogP contribution in [0.25, 0.3) is 0 Å². The van der Waals surface area contributed by atoms with E-state index in [-0.39, 0.29) is 5.75 Å². The Morgan fingerprint density at radius 2 is 1.43 bits per heavy atom. The van der Waals surface area contributed by atoms with Crippen LogP contribution < -0.4 is 5.73 Å². The Balaban J connectivity index is 1.76. The number of fused-ring (bicyclic) bond motifs is 1. The molecule has 0 aliphatic carbocycles. The molecule has 110 valence electrons. The third-order valence-electron chi connectivity index (χ3n) is 3.81. The molecule has 4 nitrogen and oxygen atoms in total. The number of hydrogen-bond acceptors (Lipinski definition) is 3. The van der Waals surface area contributed by atoms with E-state index in [2.05, 4.69) is 0 Å². The van der Waals surface area contributed by atoms with Crippen LogP contribution in [0, 0.1) is 0 Å². The molecule has 0 spiro atoms. The van der Waals surface area contributed by atoms with Gasteiger partial charge in [-0.1, -0.05) is 48.5 Å². The first-order valence-electron chi connectivity index (χ1n) is 6.91. The van der Waals surface area contributed by atoms with Gasteiger partial charge in [-0.2, -0.15) is 4.31 Å². The van der Waals surface area contributed by atoms with Gasteiger partial charge in [0.1, 0.15) is 0 Å². The molecule has 1 aliphatic heterocycles. The van der Waals surface area contributed by atoms with E-state index in [1.807, 2.05) is 48.5 Å². The van der Waals surface area contributed by atoms with Crippen LogP contribution in [0.3, 0.4) is 0 Å². The summed E-state index contributed by atoms with van der Waals surface area (Å²) in [5.74, 6) is 0.0336. The summed E-state index contributed by atoms with van der Waals surface area (Å²) < 4.78 is 26.6. The fourth-order valence-electron chi connectivity index (χ4n) is 2.57. The van der Waals surface area contributed by atoms with Crippen molar-refractivity contribution in [1.82, 2.24) is 4.31 Å². The topological polar surface area (TPSA) is 63.4 Å². The summed E-state index contributed by atoms with van der Waals surface area (Å²) in [6, 6.07) is 15.3. The van der Waals surface area contributed by atoms with Gasteiger partial charge in [0.15, 0.2) is 0 Å². The van der Waals surface area contributed by atoms with Gasteiger partial charge < -0.3 is 5.73 Å². The lowest BCUT2D eigenvalue weighted by molar-refractivity contribution is 0.431. The minimum absolute atomic E-state index is 0.0336. The second-order valence-electron chi connectivity index (χ2n) is 5.31. The first-order chi connectivity index (χ1) is 10.1. The third kappa shape index (κ3) is 3.00. The molecule has 0 saturated carbocycles. The third-order valence-corrected chi connectivity index (χ3v) is 5.56. The van der Waals surface area contributed by atoms with Crippen LogP contribution in [0.15, 0.2) is 48.5 Å². The lowest BCUT2D eigenvalue weighted by Crippen LogP contribution is -2.27. The maximum absolute atomic E-state index is 12.5. The lowest BCUT2D eigenvalue weighted by Gasteiger charge is -2.15. The first kappa shape index (κ1) is 14.3. The molecule has 0 saturated heterocycles. The molecule has 0 bridgehead atoms. The van der Waals surface area contributed by atoms with Crippen molar-refractivity contribution < 1.29 is 8.42 Å². The minimum atomic E-state index is -3.30. The van der Waals surface area contributed by atoms with Gasteiger partial charge in [0.25, 0.3) is 0 Å². The van der Waals surface area contributed by atoms with Gasteiger partial charge >= 0.3 is 0 Å². The summed E-state index contributed by atoms with van der Waals surface area (Å²) >= 11 is 0. The number of benzene rings is 2. The number of rotatable bonds is 4. The molecule has 0 fully saturated rings. The van der Waals surface area contributed by atoms with Gasteiger partial charge in [0.05, 0.1) is 5.75 Å². The Hall–Kier alpha value is -1.69. The molecule has 1 aliphatic rings. The van der Waals surface area contributed by atoms with Crippen LogP contribution in [0.2, 0.25) is 0 Å². The highest BCUT2D eigenvalue weighted by molar-refractivity contribution is 7.88. The van der Waals surface area contributed by atoms with Crippen molar-refractivity contribution in [3.05, 3.63) is 70.8 Å². The number of nitrogens with two attached hydrogens (primary N) is 1. The van der Waals surface area contributed by atoms with Gasteiger partial charge in [-0.25, -0.2) is 8.42 Å². The highest BCUT2D eigenvalue weighted by Crippen LogP contribution is 2.26. The molecule has 3 rings (SSSR count). The molecule has 2 N–H and O–H groups in total. The highest BCUT2D eigenvalue weighted by Gasteiger charge is 2.28. The van der Waals surface area contributed by atoms with Crippen LogP contribution in [0.4, 0.5) is 0 Å². The summed E-state index contributed by atoms with van der Waals surface area (Å²) in [6.45, 7) is 1.41. The van der Waals surface area contributed by atoms with Crippen molar-refractivity contribution in [2.75, 3.05) is 0 Å². The molecule has 0 aromatic heterocycles. The number of nitrogens with zero attached hydrogens (tertiary/aromatic N) is 1. The van der Waals surface area contributed by atoms with Gasteiger partial charge in [0.2, 0.25) is 10.0 Å². The molecule has 0 unspecified atom stereocenters. The van der Waals surface area contributed by atoms with E-state index in [4.69, 9.17) is 5.73 Å². The molecule has 2 aromatic carbocycles. The van der Waals surface area contributed by atoms with Crippen molar-refractivity contribution in [1.29, 1.82) is 0 Å². The Labute approximate surface area is 125 Å². The predicted molar refractivity (Wildman–Crippen MR) is 82.6 cm³/mol. The fourth-order valence-corrected chi connectivity index (χ4v) is 4.04. The second-order valence-corrected chi connectivity index (χ2v) is 7.28. The zero-order chi connectivity index (χ0) is 14.9. The maximum atomic E-state index is 12.5. The fraction of sp³-hybridized carbons (Fsp3) is 0.250. The monoisotopic (exact) mass is 302 g/mol. The summed E-state index contributed by atoms with van der Waals surface area (Å²) in [5, 5.41) is 0. The quantitative estimate of drug-likeness (QED) is 0.939. The Bertz CT molecular complexity index is 714. The van der Waals surface area contributed by atoms with Gasteiger partial charge in [-0.05, 0) is 22.3 Å². The molecular weight excluding hydrogens is 284 g/mol. The summed E-state index contributed by atoms with van der Waals surface area (Å²) in [6.07, 6.45) is 0. The van der Waals surface area contributed by atoms with E-state index in [0.717, 1.165) is 22.3 Å². The summed E-state index contributed by atoms with van der Waals surface area (Å²) in [4.78, 5) is 0. The van der Waals surface area contributed by atoms with Crippen molar-refractivity contribution in [3.63, 3.8) is 0 Å². The molecule has 0 radical (unpaired) electrons. The molecular formula is C16H18N2O2S. The van der Waals surface area contributed by atoms with E-state index in [0.29, 0.717) is 19.6 Å². The van der Waals surface area contributed by atoms with Crippen molar-refractivity contribution in [3.8, 4) is 0 Å². The van der Waals surface area contributed by atoms with Crippen LogP contribution >= 0.6 is 0 Å². The molecule has 0 atom stereocenters. The van der Waals surface area contributed by atoms with Crippen molar-refractivity contribution in [2.45, 2.75) is 25.4 Å². The van der Waals surface area contributed by atoms with Crippen LogP contribution in [-0.2, 0) is 35.4 Å². The average molecular weight is 302 g/mol. The summed E-state index contributed by atoms with van der Waals surface area (Å²) in [5.41, 5.74) is 9.54. The molecule has 2 aromatic rings. The first-order valence-corrected chi connectivity index (χ1v) is 8.52. The second kappa shape index (κ2) is 5.60. The molecule has 0 amide bonds. The number of sulfonamides is 1. The van der Waals surface area contributed by atoms with Gasteiger partial charge in [-0.15, -0.1) is 0 Å².